The van der Waals surface area contributed by atoms with Crippen molar-refractivity contribution >= 4 is 35.6 Å². The minimum absolute atomic E-state index is 0.207. The Bertz CT molecular complexity index is 1060. The fourth-order valence-corrected chi connectivity index (χ4v) is 2.84. The highest BCUT2D eigenvalue weighted by Gasteiger charge is 2.36. The maximum absolute atomic E-state index is 12.9. The van der Waals surface area contributed by atoms with Crippen LogP contribution in [0.4, 0.5) is 10.5 Å². The lowest BCUT2D eigenvalue weighted by Crippen LogP contribution is -2.54. The van der Waals surface area contributed by atoms with E-state index in [1.54, 1.807) is 24.3 Å². The summed E-state index contributed by atoms with van der Waals surface area (Å²) in [5, 5.41) is 2.17. The molecule has 1 aliphatic rings. The highest BCUT2D eigenvalue weighted by molar-refractivity contribution is 6.39. The van der Waals surface area contributed by atoms with Crippen LogP contribution in [0, 0.1) is 6.92 Å². The molecule has 4 amide bonds. The van der Waals surface area contributed by atoms with Gasteiger partial charge in [-0.15, -0.1) is 0 Å². The molecule has 1 saturated heterocycles. The number of benzene rings is 2. The largest absolute Gasteiger partial charge is 0.493 e. The van der Waals surface area contributed by atoms with Gasteiger partial charge in [0.2, 0.25) is 0 Å². The Morgan fingerprint density at radius 3 is 2.48 bits per heavy atom. The number of barbiturate groups is 1. The van der Waals surface area contributed by atoms with Crippen LogP contribution in [0.25, 0.3) is 6.08 Å². The van der Waals surface area contributed by atoms with Gasteiger partial charge in [-0.1, -0.05) is 18.2 Å². The van der Waals surface area contributed by atoms with Gasteiger partial charge in [0.15, 0.2) is 11.5 Å². The molecule has 8 heteroatoms. The van der Waals surface area contributed by atoms with E-state index in [0.29, 0.717) is 11.3 Å². The fraction of sp³-hybridized carbons (Fsp3) is 0.143. The fourth-order valence-electron chi connectivity index (χ4n) is 2.84. The Labute approximate surface area is 166 Å². The third-order valence-electron chi connectivity index (χ3n) is 4.11. The number of amides is 4. The van der Waals surface area contributed by atoms with Gasteiger partial charge in [-0.2, -0.15) is 0 Å². The van der Waals surface area contributed by atoms with Crippen LogP contribution >= 0.6 is 0 Å². The van der Waals surface area contributed by atoms with Crippen LogP contribution in [0.1, 0.15) is 18.1 Å². The molecular formula is C21H18N2O6. The molecule has 8 nitrogen and oxygen atoms in total. The van der Waals surface area contributed by atoms with E-state index in [-0.39, 0.29) is 17.1 Å². The summed E-state index contributed by atoms with van der Waals surface area (Å²) in [4.78, 5) is 49.5. The smallest absolute Gasteiger partial charge is 0.335 e. The number of nitrogens with one attached hydrogen (secondary N) is 1. The number of imide groups is 2. The van der Waals surface area contributed by atoms with Crippen molar-refractivity contribution < 1.29 is 28.7 Å². The number of rotatable bonds is 4. The maximum atomic E-state index is 12.9. The van der Waals surface area contributed by atoms with E-state index in [0.717, 1.165) is 10.5 Å². The second-order valence-electron chi connectivity index (χ2n) is 6.30. The number of methoxy groups -OCH3 is 1. The minimum atomic E-state index is -0.814. The van der Waals surface area contributed by atoms with Crippen molar-refractivity contribution in [1.29, 1.82) is 0 Å². The predicted octanol–water partition coefficient (Wildman–Crippen LogP) is 2.60. The molecule has 1 aliphatic heterocycles. The van der Waals surface area contributed by atoms with Crippen LogP contribution in [-0.4, -0.2) is 30.9 Å². The third-order valence-corrected chi connectivity index (χ3v) is 4.11. The van der Waals surface area contributed by atoms with E-state index in [4.69, 9.17) is 9.47 Å². The Balaban J connectivity index is 1.99. The Hall–Kier alpha value is -3.94. The molecule has 0 radical (unpaired) electrons. The monoisotopic (exact) mass is 394 g/mol. The first-order valence-electron chi connectivity index (χ1n) is 8.64. The normalized spacial score (nSPS) is 15.3. The number of carbonyl (C=O) groups is 4. The molecule has 2 aromatic rings. The average Bonchev–Trinajstić information content (AvgIpc) is 2.65. The molecule has 148 valence electrons. The number of esters is 1. The van der Waals surface area contributed by atoms with Crippen molar-refractivity contribution in [3.05, 3.63) is 59.2 Å². The number of aryl methyl sites for hydroxylation is 1. The number of carbonyl (C=O) groups excluding carboxylic acids is 4. The number of anilines is 1. The maximum Gasteiger partial charge on any atom is 0.335 e. The molecule has 0 atom stereocenters. The summed E-state index contributed by atoms with van der Waals surface area (Å²) in [6, 6.07) is 10.6. The molecule has 1 heterocycles. The number of urea groups is 1. The average molecular weight is 394 g/mol. The van der Waals surface area contributed by atoms with E-state index in [1.807, 2.05) is 13.0 Å². The standard InChI is InChI=1S/C21H18N2O6/c1-12-5-4-6-15(9-12)23-20(26)16(19(25)22-21(23)27)10-14-7-8-17(29-13(2)24)18(11-14)28-3/h4-11H,1-3H3,(H,22,25,27)/b16-10-. The molecular weight excluding hydrogens is 376 g/mol. The molecule has 0 aromatic heterocycles. The summed E-state index contributed by atoms with van der Waals surface area (Å²) in [7, 11) is 1.40. The zero-order chi connectivity index (χ0) is 21.1. The molecule has 1 N–H and O–H groups in total. The van der Waals surface area contributed by atoms with Crippen molar-refractivity contribution in [3.63, 3.8) is 0 Å². The number of hydrogen-bond donors (Lipinski definition) is 1. The lowest BCUT2D eigenvalue weighted by Gasteiger charge is -2.26. The lowest BCUT2D eigenvalue weighted by atomic mass is 10.1. The summed E-state index contributed by atoms with van der Waals surface area (Å²) in [6.45, 7) is 3.09. The van der Waals surface area contributed by atoms with Crippen molar-refractivity contribution in [3.8, 4) is 11.5 Å². The molecule has 3 rings (SSSR count). The van der Waals surface area contributed by atoms with E-state index in [1.165, 1.54) is 32.2 Å². The summed E-state index contributed by atoms with van der Waals surface area (Å²) in [6.07, 6.45) is 1.34. The zero-order valence-corrected chi connectivity index (χ0v) is 16.0. The van der Waals surface area contributed by atoms with Gasteiger partial charge in [0, 0.05) is 6.92 Å². The van der Waals surface area contributed by atoms with E-state index in [9.17, 15) is 19.2 Å². The molecule has 0 saturated carbocycles. The number of nitrogens with zero attached hydrogens (tertiary/aromatic N) is 1. The summed E-state index contributed by atoms with van der Waals surface area (Å²) in [5.41, 5.74) is 1.45. The van der Waals surface area contributed by atoms with Crippen LogP contribution in [0.5, 0.6) is 11.5 Å². The van der Waals surface area contributed by atoms with Gasteiger partial charge in [0.25, 0.3) is 11.8 Å². The summed E-state index contributed by atoms with van der Waals surface area (Å²) in [5.74, 6) is -1.59. The van der Waals surface area contributed by atoms with Gasteiger partial charge < -0.3 is 9.47 Å². The van der Waals surface area contributed by atoms with Gasteiger partial charge in [-0.3, -0.25) is 19.7 Å². The molecule has 0 aliphatic carbocycles. The predicted molar refractivity (Wildman–Crippen MR) is 104 cm³/mol. The molecule has 1 fully saturated rings. The first-order valence-corrected chi connectivity index (χ1v) is 8.64. The van der Waals surface area contributed by atoms with Crippen LogP contribution in [0.3, 0.4) is 0 Å². The third kappa shape index (κ3) is 4.16. The van der Waals surface area contributed by atoms with Crippen LogP contribution < -0.4 is 19.7 Å². The molecule has 2 aromatic carbocycles. The number of hydrogen-bond acceptors (Lipinski definition) is 6. The quantitative estimate of drug-likeness (QED) is 0.370. The first kappa shape index (κ1) is 19.8. The first-order chi connectivity index (χ1) is 13.8. The van der Waals surface area contributed by atoms with Crippen molar-refractivity contribution in [1.82, 2.24) is 5.32 Å². The topological polar surface area (TPSA) is 102 Å². The second-order valence-corrected chi connectivity index (χ2v) is 6.30. The highest BCUT2D eigenvalue weighted by Crippen LogP contribution is 2.30. The second kappa shape index (κ2) is 7.97. The molecule has 0 spiro atoms. The van der Waals surface area contributed by atoms with Crippen LogP contribution in [-0.2, 0) is 14.4 Å². The van der Waals surface area contributed by atoms with Gasteiger partial charge in [0.1, 0.15) is 5.57 Å². The van der Waals surface area contributed by atoms with E-state index in [2.05, 4.69) is 5.32 Å². The van der Waals surface area contributed by atoms with Crippen LogP contribution in [0.2, 0.25) is 0 Å². The van der Waals surface area contributed by atoms with Gasteiger partial charge in [-0.05, 0) is 48.4 Å². The molecule has 0 bridgehead atoms. The van der Waals surface area contributed by atoms with Crippen molar-refractivity contribution in [2.24, 2.45) is 0 Å². The van der Waals surface area contributed by atoms with E-state index < -0.39 is 23.8 Å². The zero-order valence-electron chi connectivity index (χ0n) is 16.0. The highest BCUT2D eigenvalue weighted by atomic mass is 16.6. The van der Waals surface area contributed by atoms with Gasteiger partial charge >= 0.3 is 12.0 Å². The Morgan fingerprint density at radius 1 is 1.07 bits per heavy atom. The molecule has 0 unspecified atom stereocenters. The van der Waals surface area contributed by atoms with Crippen molar-refractivity contribution in [2.75, 3.05) is 12.0 Å². The summed E-state index contributed by atoms with van der Waals surface area (Å²) < 4.78 is 10.2. The Kier molecular flexibility index (Phi) is 5.45. The SMILES string of the molecule is COc1cc(/C=C2/C(=O)NC(=O)N(c3cccc(C)c3)C2=O)ccc1OC(C)=O. The van der Waals surface area contributed by atoms with Gasteiger partial charge in [-0.25, -0.2) is 9.69 Å². The van der Waals surface area contributed by atoms with Crippen LogP contribution in [0.15, 0.2) is 48.0 Å². The minimum Gasteiger partial charge on any atom is -0.493 e. The number of ether oxygens (including phenoxy) is 2. The van der Waals surface area contributed by atoms with Crippen molar-refractivity contribution in [2.45, 2.75) is 13.8 Å². The lowest BCUT2D eigenvalue weighted by molar-refractivity contribution is -0.132. The van der Waals surface area contributed by atoms with E-state index >= 15 is 0 Å². The summed E-state index contributed by atoms with van der Waals surface area (Å²) >= 11 is 0. The molecule has 29 heavy (non-hydrogen) atoms. The van der Waals surface area contributed by atoms with Gasteiger partial charge in [0.05, 0.1) is 12.8 Å². The Morgan fingerprint density at radius 2 is 1.83 bits per heavy atom.